The van der Waals surface area contributed by atoms with Gasteiger partial charge in [0, 0.05) is 31.9 Å². The average molecular weight is 472 g/mol. The number of hydrogen-bond donors (Lipinski definition) is 1. The molecule has 0 atom stereocenters. The zero-order chi connectivity index (χ0) is 23.6. The smallest absolute Gasteiger partial charge is 0.340 e. The van der Waals surface area contributed by atoms with E-state index in [0.717, 1.165) is 22.9 Å². The first-order valence-corrected chi connectivity index (χ1v) is 11.7. The number of nitrogens with two attached hydrogens (primary N) is 1. The van der Waals surface area contributed by atoms with Crippen LogP contribution < -0.4 is 5.73 Å². The van der Waals surface area contributed by atoms with Gasteiger partial charge in [0.05, 0.1) is 10.5 Å². The molecule has 4 rings (SSSR count). The minimum atomic E-state index is -3.71. The SMILES string of the molecule is Nc1cc(F)ccc1C(=O)OCC(=O)N1CCN(S(=O)(=O)c2ccc3ccccc3c2)CC1. The van der Waals surface area contributed by atoms with E-state index in [4.69, 9.17) is 10.5 Å². The zero-order valence-electron chi connectivity index (χ0n) is 17.6. The number of piperazine rings is 1. The quantitative estimate of drug-likeness (QED) is 0.452. The highest BCUT2D eigenvalue weighted by molar-refractivity contribution is 7.89. The Kier molecular flexibility index (Phi) is 6.30. The largest absolute Gasteiger partial charge is 0.452 e. The van der Waals surface area contributed by atoms with Crippen molar-refractivity contribution in [2.75, 3.05) is 38.5 Å². The van der Waals surface area contributed by atoms with Crippen LogP contribution in [0.5, 0.6) is 0 Å². The van der Waals surface area contributed by atoms with E-state index in [1.54, 1.807) is 18.2 Å². The van der Waals surface area contributed by atoms with Gasteiger partial charge in [-0.15, -0.1) is 0 Å². The third kappa shape index (κ3) is 4.81. The molecule has 1 aliphatic rings. The van der Waals surface area contributed by atoms with Gasteiger partial charge in [-0.25, -0.2) is 17.6 Å². The van der Waals surface area contributed by atoms with Crippen LogP contribution in [0.15, 0.2) is 65.6 Å². The summed E-state index contributed by atoms with van der Waals surface area (Å²) in [7, 11) is -3.71. The van der Waals surface area contributed by atoms with Gasteiger partial charge in [-0.1, -0.05) is 30.3 Å². The van der Waals surface area contributed by atoms with Gasteiger partial charge in [-0.3, -0.25) is 4.79 Å². The summed E-state index contributed by atoms with van der Waals surface area (Å²) in [4.78, 5) is 26.2. The van der Waals surface area contributed by atoms with Crippen molar-refractivity contribution in [2.24, 2.45) is 0 Å². The molecule has 0 aliphatic carbocycles. The first-order chi connectivity index (χ1) is 15.8. The predicted octanol–water partition coefficient (Wildman–Crippen LogP) is 2.25. The lowest BCUT2D eigenvalue weighted by Gasteiger charge is -2.33. The fourth-order valence-electron chi connectivity index (χ4n) is 3.67. The van der Waals surface area contributed by atoms with Crippen LogP contribution in [0.4, 0.5) is 10.1 Å². The Hall–Kier alpha value is -3.50. The first-order valence-electron chi connectivity index (χ1n) is 10.2. The molecule has 10 heteroatoms. The van der Waals surface area contributed by atoms with Gasteiger partial charge in [0.25, 0.3) is 5.91 Å². The van der Waals surface area contributed by atoms with Crippen LogP contribution in [0.2, 0.25) is 0 Å². The number of ether oxygens (including phenoxy) is 1. The normalized spacial score (nSPS) is 14.9. The zero-order valence-corrected chi connectivity index (χ0v) is 18.4. The number of nitrogens with zero attached hydrogens (tertiary/aromatic N) is 2. The van der Waals surface area contributed by atoms with Gasteiger partial charge in [-0.05, 0) is 41.1 Å². The molecule has 1 saturated heterocycles. The Labute approximate surface area is 190 Å². The minimum Gasteiger partial charge on any atom is -0.452 e. The van der Waals surface area contributed by atoms with Crippen molar-refractivity contribution < 1.29 is 27.1 Å². The van der Waals surface area contributed by atoms with E-state index in [2.05, 4.69) is 0 Å². The molecule has 0 aromatic heterocycles. The molecule has 1 heterocycles. The number of rotatable bonds is 5. The van der Waals surface area contributed by atoms with Gasteiger partial charge in [0.15, 0.2) is 6.61 Å². The lowest BCUT2D eigenvalue weighted by molar-refractivity contribution is -0.135. The Morgan fingerprint density at radius 3 is 2.33 bits per heavy atom. The van der Waals surface area contributed by atoms with Gasteiger partial charge in [0.2, 0.25) is 10.0 Å². The average Bonchev–Trinajstić information content (AvgIpc) is 2.82. The molecule has 8 nitrogen and oxygen atoms in total. The topological polar surface area (TPSA) is 110 Å². The molecule has 3 aromatic rings. The maximum Gasteiger partial charge on any atom is 0.340 e. The van der Waals surface area contributed by atoms with E-state index in [9.17, 15) is 22.4 Å². The van der Waals surface area contributed by atoms with E-state index in [1.807, 2.05) is 24.3 Å². The molecule has 1 amide bonds. The maximum absolute atomic E-state index is 13.1. The van der Waals surface area contributed by atoms with E-state index in [-0.39, 0.29) is 42.3 Å². The third-order valence-electron chi connectivity index (χ3n) is 5.51. The van der Waals surface area contributed by atoms with E-state index >= 15 is 0 Å². The Bertz CT molecular complexity index is 1320. The predicted molar refractivity (Wildman–Crippen MR) is 120 cm³/mol. The second kappa shape index (κ2) is 9.16. The molecule has 0 bridgehead atoms. The summed E-state index contributed by atoms with van der Waals surface area (Å²) in [5.74, 6) is -1.87. The number of fused-ring (bicyclic) bond motifs is 1. The van der Waals surface area contributed by atoms with Crippen LogP contribution in [-0.2, 0) is 19.6 Å². The number of sulfonamides is 1. The summed E-state index contributed by atoms with van der Waals surface area (Å²) in [5.41, 5.74) is 5.49. The molecule has 1 aliphatic heterocycles. The molecular weight excluding hydrogens is 449 g/mol. The second-order valence-electron chi connectivity index (χ2n) is 7.60. The highest BCUT2D eigenvalue weighted by atomic mass is 32.2. The standard InChI is InChI=1S/C23H22FN3O5S/c24-18-6-8-20(21(25)14-18)23(29)32-15-22(28)26-9-11-27(12-10-26)33(30,31)19-7-5-16-3-1-2-4-17(16)13-19/h1-8,13-14H,9-12,15,25H2. The monoisotopic (exact) mass is 471 g/mol. The minimum absolute atomic E-state index is 0.0319. The molecule has 1 fully saturated rings. The van der Waals surface area contributed by atoms with Crippen molar-refractivity contribution in [2.45, 2.75) is 4.90 Å². The number of hydrogen-bond acceptors (Lipinski definition) is 6. The van der Waals surface area contributed by atoms with Crippen molar-refractivity contribution >= 4 is 38.4 Å². The third-order valence-corrected chi connectivity index (χ3v) is 7.40. The first kappa shape index (κ1) is 22.7. The lowest BCUT2D eigenvalue weighted by Crippen LogP contribution is -2.51. The molecule has 0 spiro atoms. The number of benzene rings is 3. The van der Waals surface area contributed by atoms with Crippen molar-refractivity contribution in [1.29, 1.82) is 0 Å². The Morgan fingerprint density at radius 2 is 1.64 bits per heavy atom. The number of esters is 1. The summed E-state index contributed by atoms with van der Waals surface area (Å²) in [6.45, 7) is 0.0658. The molecule has 0 saturated carbocycles. The van der Waals surface area contributed by atoms with Gasteiger partial charge < -0.3 is 15.4 Å². The van der Waals surface area contributed by atoms with Gasteiger partial charge in [-0.2, -0.15) is 4.31 Å². The van der Waals surface area contributed by atoms with Crippen molar-refractivity contribution in [3.05, 3.63) is 72.0 Å². The molecule has 172 valence electrons. The van der Waals surface area contributed by atoms with Crippen LogP contribution in [0.1, 0.15) is 10.4 Å². The fraction of sp³-hybridized carbons (Fsp3) is 0.217. The number of nitrogen functional groups attached to an aromatic ring is 1. The molecule has 0 radical (unpaired) electrons. The Balaban J connectivity index is 1.34. The van der Waals surface area contributed by atoms with E-state index in [0.29, 0.717) is 0 Å². The van der Waals surface area contributed by atoms with E-state index < -0.39 is 34.3 Å². The van der Waals surface area contributed by atoms with Crippen LogP contribution in [-0.4, -0.2) is 62.3 Å². The number of carbonyl (C=O) groups excluding carboxylic acids is 2. The number of anilines is 1. The molecule has 0 unspecified atom stereocenters. The number of carbonyl (C=O) groups is 2. The summed E-state index contributed by atoms with van der Waals surface area (Å²) in [6, 6.07) is 15.7. The van der Waals surface area contributed by atoms with Crippen molar-refractivity contribution in [3.63, 3.8) is 0 Å². The fourth-order valence-corrected chi connectivity index (χ4v) is 5.13. The number of amides is 1. The summed E-state index contributed by atoms with van der Waals surface area (Å²) in [5, 5.41) is 1.78. The summed E-state index contributed by atoms with van der Waals surface area (Å²) < 4.78 is 45.6. The van der Waals surface area contributed by atoms with Crippen molar-refractivity contribution in [1.82, 2.24) is 9.21 Å². The maximum atomic E-state index is 13.1. The molecule has 33 heavy (non-hydrogen) atoms. The van der Waals surface area contributed by atoms with Gasteiger partial charge in [0.1, 0.15) is 5.82 Å². The Morgan fingerprint density at radius 1 is 0.939 bits per heavy atom. The molecule has 2 N–H and O–H groups in total. The summed E-state index contributed by atoms with van der Waals surface area (Å²) >= 11 is 0. The summed E-state index contributed by atoms with van der Waals surface area (Å²) in [6.07, 6.45) is 0. The van der Waals surface area contributed by atoms with Crippen LogP contribution in [0.3, 0.4) is 0 Å². The molecular formula is C23H22FN3O5S. The highest BCUT2D eigenvalue weighted by Crippen LogP contribution is 2.23. The van der Waals surface area contributed by atoms with Crippen LogP contribution in [0.25, 0.3) is 10.8 Å². The van der Waals surface area contributed by atoms with Gasteiger partial charge >= 0.3 is 5.97 Å². The van der Waals surface area contributed by atoms with Crippen LogP contribution in [0, 0.1) is 5.82 Å². The lowest BCUT2D eigenvalue weighted by atomic mass is 10.1. The molecule has 3 aromatic carbocycles. The highest BCUT2D eigenvalue weighted by Gasteiger charge is 2.30. The van der Waals surface area contributed by atoms with Crippen LogP contribution >= 0.6 is 0 Å². The van der Waals surface area contributed by atoms with Crippen molar-refractivity contribution in [3.8, 4) is 0 Å². The number of halogens is 1. The van der Waals surface area contributed by atoms with E-state index in [1.165, 1.54) is 15.3 Å². The second-order valence-corrected chi connectivity index (χ2v) is 9.54.